The van der Waals surface area contributed by atoms with Gasteiger partial charge in [-0.25, -0.2) is 0 Å². The quantitative estimate of drug-likeness (QED) is 0.275. The molecule has 1 aromatic heterocycles. The number of nitrogens with two attached hydrogens (primary N) is 1. The number of hydrogen-bond acceptors (Lipinski definition) is 9. The van der Waals surface area contributed by atoms with Crippen molar-refractivity contribution in [3.05, 3.63) is 6.07 Å². The molecule has 0 aliphatic carbocycles. The van der Waals surface area contributed by atoms with Gasteiger partial charge in [0.25, 0.3) is 0 Å². The maximum absolute atomic E-state index is 10.7. The highest BCUT2D eigenvalue weighted by Gasteiger charge is 2.17. The SMILES string of the molecule is C[C@H](COc1cc(OC[C@H](C)OCP(=O)(O)O)nc(N)n1)OCP(=O)(O)O. The Morgan fingerprint density at radius 1 is 0.926 bits per heavy atom. The topological polar surface area (TPSA) is 204 Å². The number of rotatable bonds is 12. The van der Waals surface area contributed by atoms with Crippen molar-refractivity contribution < 1.29 is 47.7 Å². The standard InChI is InChI=1S/C12H23N3O10P2/c1-8(24-6-26(16,17)18)4-22-10-3-11(15-12(13)14-10)23-5-9(2)25-7-27(19,20)21/h3,8-9H,4-7H2,1-2H3,(H2,13,14,15)(H2,16,17,18)(H2,19,20,21)/t8-,9+. The van der Waals surface area contributed by atoms with E-state index in [4.69, 9.17) is 44.3 Å². The molecule has 0 amide bonds. The Hall–Kier alpha value is -1.30. The number of anilines is 1. The molecule has 156 valence electrons. The average molecular weight is 431 g/mol. The second kappa shape index (κ2) is 10.3. The van der Waals surface area contributed by atoms with Gasteiger partial charge in [0.1, 0.15) is 25.9 Å². The Balaban J connectivity index is 2.51. The van der Waals surface area contributed by atoms with Crippen LogP contribution in [0.2, 0.25) is 0 Å². The van der Waals surface area contributed by atoms with E-state index in [1.165, 1.54) is 6.07 Å². The maximum Gasteiger partial charge on any atom is 0.350 e. The van der Waals surface area contributed by atoms with Crippen molar-refractivity contribution >= 4 is 21.1 Å². The first-order valence-electron chi connectivity index (χ1n) is 7.56. The van der Waals surface area contributed by atoms with Crippen LogP contribution in [-0.2, 0) is 18.6 Å². The van der Waals surface area contributed by atoms with Gasteiger partial charge in [-0.1, -0.05) is 0 Å². The molecule has 6 N–H and O–H groups in total. The van der Waals surface area contributed by atoms with E-state index in [-0.39, 0.29) is 30.9 Å². The number of nitrogens with zero attached hydrogens (tertiary/aromatic N) is 2. The molecule has 0 aliphatic heterocycles. The largest absolute Gasteiger partial charge is 0.475 e. The monoisotopic (exact) mass is 431 g/mol. The Bertz CT molecular complexity index is 640. The lowest BCUT2D eigenvalue weighted by Crippen LogP contribution is -2.20. The Morgan fingerprint density at radius 3 is 1.63 bits per heavy atom. The predicted octanol–water partition coefficient (Wildman–Crippen LogP) is -0.103. The third-order valence-corrected chi connectivity index (χ3v) is 3.65. The Kier molecular flexibility index (Phi) is 9.06. The van der Waals surface area contributed by atoms with Crippen molar-refractivity contribution in [1.29, 1.82) is 0 Å². The number of ether oxygens (including phenoxy) is 4. The van der Waals surface area contributed by atoms with Crippen molar-refractivity contribution in [3.63, 3.8) is 0 Å². The average Bonchev–Trinajstić information content (AvgIpc) is 2.52. The van der Waals surface area contributed by atoms with Crippen molar-refractivity contribution in [1.82, 2.24) is 9.97 Å². The molecule has 0 saturated heterocycles. The molecule has 13 nitrogen and oxygen atoms in total. The van der Waals surface area contributed by atoms with Crippen LogP contribution < -0.4 is 15.2 Å². The van der Waals surface area contributed by atoms with Crippen LogP contribution in [0.4, 0.5) is 5.95 Å². The smallest absolute Gasteiger partial charge is 0.350 e. The van der Waals surface area contributed by atoms with Crippen LogP contribution in [0.15, 0.2) is 6.07 Å². The van der Waals surface area contributed by atoms with E-state index in [2.05, 4.69) is 9.97 Å². The molecule has 0 saturated carbocycles. The van der Waals surface area contributed by atoms with Gasteiger partial charge in [0.15, 0.2) is 0 Å². The van der Waals surface area contributed by atoms with Gasteiger partial charge in [0.2, 0.25) is 17.7 Å². The molecular formula is C12H23N3O10P2. The van der Waals surface area contributed by atoms with E-state index in [0.717, 1.165) is 0 Å². The van der Waals surface area contributed by atoms with Crippen LogP contribution in [0.1, 0.15) is 13.8 Å². The molecule has 0 aromatic carbocycles. The van der Waals surface area contributed by atoms with Crippen molar-refractivity contribution in [2.75, 3.05) is 31.6 Å². The van der Waals surface area contributed by atoms with Gasteiger partial charge in [-0.3, -0.25) is 9.13 Å². The van der Waals surface area contributed by atoms with E-state index in [9.17, 15) is 9.13 Å². The van der Waals surface area contributed by atoms with Gasteiger partial charge >= 0.3 is 15.2 Å². The van der Waals surface area contributed by atoms with Crippen molar-refractivity contribution in [2.24, 2.45) is 0 Å². The summed E-state index contributed by atoms with van der Waals surface area (Å²) in [6, 6.07) is 1.32. The van der Waals surface area contributed by atoms with Crippen molar-refractivity contribution in [3.8, 4) is 11.8 Å². The van der Waals surface area contributed by atoms with E-state index in [0.29, 0.717) is 0 Å². The minimum Gasteiger partial charge on any atom is -0.475 e. The van der Waals surface area contributed by atoms with E-state index in [1.807, 2.05) is 0 Å². The van der Waals surface area contributed by atoms with Crippen molar-refractivity contribution in [2.45, 2.75) is 26.1 Å². The van der Waals surface area contributed by atoms with Gasteiger partial charge in [0, 0.05) is 0 Å². The summed E-state index contributed by atoms with van der Waals surface area (Å²) in [6.45, 7) is 2.99. The summed E-state index contributed by atoms with van der Waals surface area (Å²) in [5, 5.41) is 0. The zero-order valence-corrected chi connectivity index (χ0v) is 16.5. The molecule has 27 heavy (non-hydrogen) atoms. The third-order valence-electron chi connectivity index (χ3n) is 2.68. The summed E-state index contributed by atoms with van der Waals surface area (Å²) in [5.41, 5.74) is 5.55. The Morgan fingerprint density at radius 2 is 1.30 bits per heavy atom. The minimum atomic E-state index is -4.27. The Labute approximate surface area is 155 Å². The fraction of sp³-hybridized carbons (Fsp3) is 0.667. The molecular weight excluding hydrogens is 408 g/mol. The lowest BCUT2D eigenvalue weighted by atomic mass is 10.4. The number of aromatic nitrogens is 2. The summed E-state index contributed by atoms with van der Waals surface area (Å²) in [7, 11) is -8.54. The third kappa shape index (κ3) is 11.9. The van der Waals surface area contributed by atoms with Gasteiger partial charge in [-0.2, -0.15) is 9.97 Å². The first-order chi connectivity index (χ1) is 12.3. The predicted molar refractivity (Wildman–Crippen MR) is 92.4 cm³/mol. The van der Waals surface area contributed by atoms with Crippen LogP contribution in [0.5, 0.6) is 11.8 Å². The van der Waals surface area contributed by atoms with Gasteiger partial charge in [0.05, 0.1) is 18.3 Å². The molecule has 1 heterocycles. The highest BCUT2D eigenvalue weighted by Crippen LogP contribution is 2.35. The van der Waals surface area contributed by atoms with Crippen LogP contribution >= 0.6 is 15.2 Å². The summed E-state index contributed by atoms with van der Waals surface area (Å²) >= 11 is 0. The number of hydrogen-bond donors (Lipinski definition) is 5. The fourth-order valence-electron chi connectivity index (χ4n) is 1.52. The second-order valence-electron chi connectivity index (χ2n) is 5.57. The fourth-order valence-corrected chi connectivity index (χ4v) is 2.42. The molecule has 1 rings (SSSR count). The minimum absolute atomic E-state index is 0.0490. The zero-order valence-electron chi connectivity index (χ0n) is 14.7. The maximum atomic E-state index is 10.7. The zero-order chi connectivity index (χ0) is 20.7. The molecule has 0 unspecified atom stereocenters. The van der Waals surface area contributed by atoms with Crippen LogP contribution in [0.25, 0.3) is 0 Å². The van der Waals surface area contributed by atoms with Gasteiger partial charge in [-0.15, -0.1) is 0 Å². The molecule has 2 atom stereocenters. The molecule has 0 fully saturated rings. The second-order valence-corrected chi connectivity index (χ2v) is 8.74. The lowest BCUT2D eigenvalue weighted by molar-refractivity contribution is 0.0466. The molecule has 0 aliphatic rings. The van der Waals surface area contributed by atoms with Gasteiger partial charge < -0.3 is 44.3 Å². The van der Waals surface area contributed by atoms with E-state index in [1.54, 1.807) is 13.8 Å². The van der Waals surface area contributed by atoms with Crippen LogP contribution in [0, 0.1) is 0 Å². The normalized spacial score (nSPS) is 14.6. The highest BCUT2D eigenvalue weighted by molar-refractivity contribution is 7.51. The summed E-state index contributed by atoms with van der Waals surface area (Å²) in [5.74, 6) is -0.0454. The molecule has 15 heteroatoms. The van der Waals surface area contributed by atoms with E-state index >= 15 is 0 Å². The van der Waals surface area contributed by atoms with Gasteiger partial charge in [-0.05, 0) is 13.8 Å². The first-order valence-corrected chi connectivity index (χ1v) is 11.2. The molecule has 0 spiro atoms. The van der Waals surface area contributed by atoms with Crippen LogP contribution in [-0.4, -0.2) is 67.7 Å². The first kappa shape index (κ1) is 23.7. The van der Waals surface area contributed by atoms with Crippen LogP contribution in [0.3, 0.4) is 0 Å². The lowest BCUT2D eigenvalue weighted by Gasteiger charge is -2.16. The molecule has 0 radical (unpaired) electrons. The van der Waals surface area contributed by atoms with E-state index < -0.39 is 40.1 Å². The summed E-state index contributed by atoms with van der Waals surface area (Å²) < 4.78 is 42.1. The summed E-state index contributed by atoms with van der Waals surface area (Å²) in [6.07, 6.45) is -2.72. The highest BCUT2D eigenvalue weighted by atomic mass is 31.2. The number of nitrogen functional groups attached to an aromatic ring is 1. The molecule has 1 aromatic rings. The summed E-state index contributed by atoms with van der Waals surface area (Å²) in [4.78, 5) is 42.7. The molecule has 0 bridgehead atoms.